The molecule has 4 nitrogen and oxygen atoms in total. The van der Waals surface area contributed by atoms with Gasteiger partial charge in [0, 0.05) is 0 Å². The van der Waals surface area contributed by atoms with Gasteiger partial charge in [-0.25, -0.2) is 4.79 Å². The molecule has 70 valence electrons. The number of carboxylic acids is 1. The van der Waals surface area contributed by atoms with Crippen LogP contribution < -0.4 is 5.73 Å². The first kappa shape index (κ1) is 9.70. The Bertz CT molecular complexity index is 311. The van der Waals surface area contributed by atoms with E-state index in [2.05, 4.69) is 0 Å². The molecule has 0 spiro atoms. The molecule has 1 rings (SSSR count). The molecule has 0 aliphatic heterocycles. The lowest BCUT2D eigenvalue weighted by Gasteiger charge is -2.10. The summed E-state index contributed by atoms with van der Waals surface area (Å²) in [5, 5.41) is 17.5. The highest BCUT2D eigenvalue weighted by Gasteiger charge is 2.13. The molecule has 0 unspecified atom stereocenters. The maximum Gasteiger partial charge on any atom is 0.336 e. The van der Waals surface area contributed by atoms with Crippen LogP contribution in [0.4, 0.5) is 0 Å². The zero-order valence-corrected chi connectivity index (χ0v) is 6.97. The molecule has 13 heavy (non-hydrogen) atoms. The van der Waals surface area contributed by atoms with Crippen molar-refractivity contribution in [1.82, 2.24) is 0 Å². The number of carboxylic acid groups (broad SMARTS) is 1. The molecule has 0 heterocycles. The Morgan fingerprint density at radius 2 is 2.08 bits per heavy atom. The predicted octanol–water partition coefficient (Wildman–Crippen LogP) is 0.377. The molecule has 0 fully saturated rings. The van der Waals surface area contributed by atoms with Gasteiger partial charge in [0.25, 0.3) is 0 Å². The van der Waals surface area contributed by atoms with Gasteiger partial charge in [-0.3, -0.25) is 0 Å². The topological polar surface area (TPSA) is 83.5 Å². The third-order valence-electron chi connectivity index (χ3n) is 1.79. The molecule has 0 radical (unpaired) electrons. The van der Waals surface area contributed by atoms with Crippen molar-refractivity contribution < 1.29 is 15.0 Å². The average Bonchev–Trinajstić information content (AvgIpc) is 2.16. The number of aliphatic hydroxyl groups is 1. The molecule has 1 aromatic rings. The largest absolute Gasteiger partial charge is 0.478 e. The quantitative estimate of drug-likeness (QED) is 0.629. The Morgan fingerprint density at radius 1 is 1.46 bits per heavy atom. The second-order valence-electron chi connectivity index (χ2n) is 2.68. The van der Waals surface area contributed by atoms with Gasteiger partial charge in [0.1, 0.15) is 0 Å². The monoisotopic (exact) mass is 181 g/mol. The number of rotatable bonds is 3. The first-order chi connectivity index (χ1) is 6.16. The van der Waals surface area contributed by atoms with Gasteiger partial charge in [-0.2, -0.15) is 0 Å². The Balaban J connectivity index is 3.11. The molecule has 1 aromatic carbocycles. The van der Waals surface area contributed by atoms with Gasteiger partial charge in [0.05, 0.1) is 18.2 Å². The van der Waals surface area contributed by atoms with E-state index in [0.29, 0.717) is 5.56 Å². The van der Waals surface area contributed by atoms with Gasteiger partial charge in [0.2, 0.25) is 0 Å². The summed E-state index contributed by atoms with van der Waals surface area (Å²) in [5.74, 6) is -1.03. The molecule has 0 amide bonds. The minimum atomic E-state index is -1.03. The number of aliphatic hydroxyl groups excluding tert-OH is 1. The summed E-state index contributed by atoms with van der Waals surface area (Å²) in [7, 11) is 0. The highest BCUT2D eigenvalue weighted by Crippen LogP contribution is 2.15. The van der Waals surface area contributed by atoms with Gasteiger partial charge in [-0.1, -0.05) is 18.2 Å². The van der Waals surface area contributed by atoms with E-state index < -0.39 is 12.0 Å². The highest BCUT2D eigenvalue weighted by atomic mass is 16.4. The zero-order valence-electron chi connectivity index (χ0n) is 6.97. The Morgan fingerprint density at radius 3 is 2.62 bits per heavy atom. The van der Waals surface area contributed by atoms with Gasteiger partial charge in [0.15, 0.2) is 0 Å². The number of aromatic carboxylic acids is 1. The summed E-state index contributed by atoms with van der Waals surface area (Å²) >= 11 is 0. The molecule has 0 saturated heterocycles. The summed E-state index contributed by atoms with van der Waals surface area (Å²) < 4.78 is 0. The Labute approximate surface area is 75.6 Å². The van der Waals surface area contributed by atoms with Crippen LogP contribution in [0.3, 0.4) is 0 Å². The third kappa shape index (κ3) is 2.05. The second-order valence-corrected chi connectivity index (χ2v) is 2.68. The number of hydrogen-bond acceptors (Lipinski definition) is 3. The van der Waals surface area contributed by atoms with Crippen LogP contribution in [0.15, 0.2) is 24.3 Å². The molecular weight excluding hydrogens is 170 g/mol. The third-order valence-corrected chi connectivity index (χ3v) is 1.79. The SMILES string of the molecule is N[C@@H](CO)c1ccccc1C(=O)O. The van der Waals surface area contributed by atoms with Crippen molar-refractivity contribution in [3.05, 3.63) is 35.4 Å². The minimum absolute atomic E-state index is 0.143. The lowest BCUT2D eigenvalue weighted by atomic mass is 10.0. The summed E-state index contributed by atoms with van der Waals surface area (Å²) in [6, 6.07) is 5.75. The molecular formula is C9H11NO3. The van der Waals surface area contributed by atoms with E-state index >= 15 is 0 Å². The predicted molar refractivity (Wildman–Crippen MR) is 47.4 cm³/mol. The summed E-state index contributed by atoms with van der Waals surface area (Å²) in [6.07, 6.45) is 0. The van der Waals surface area contributed by atoms with Crippen molar-refractivity contribution in [2.75, 3.05) is 6.61 Å². The minimum Gasteiger partial charge on any atom is -0.478 e. The van der Waals surface area contributed by atoms with Crippen molar-refractivity contribution in [2.24, 2.45) is 5.73 Å². The fourth-order valence-corrected chi connectivity index (χ4v) is 1.11. The van der Waals surface area contributed by atoms with Crippen molar-refractivity contribution in [1.29, 1.82) is 0 Å². The van der Waals surface area contributed by atoms with Gasteiger partial charge < -0.3 is 15.9 Å². The molecule has 0 aromatic heterocycles. The lowest BCUT2D eigenvalue weighted by Crippen LogP contribution is -2.18. The van der Waals surface area contributed by atoms with Crippen molar-refractivity contribution in [3.8, 4) is 0 Å². The fourth-order valence-electron chi connectivity index (χ4n) is 1.11. The first-order valence-corrected chi connectivity index (χ1v) is 3.85. The van der Waals surface area contributed by atoms with Crippen LogP contribution in [0.25, 0.3) is 0 Å². The molecule has 1 atom stereocenters. The molecule has 0 aliphatic carbocycles. The molecule has 0 saturated carbocycles. The van der Waals surface area contributed by atoms with Crippen LogP contribution in [0.2, 0.25) is 0 Å². The van der Waals surface area contributed by atoms with E-state index in [4.69, 9.17) is 15.9 Å². The van der Waals surface area contributed by atoms with E-state index in [1.165, 1.54) is 6.07 Å². The van der Waals surface area contributed by atoms with Crippen molar-refractivity contribution >= 4 is 5.97 Å². The van der Waals surface area contributed by atoms with E-state index in [9.17, 15) is 4.79 Å². The number of benzene rings is 1. The van der Waals surface area contributed by atoms with E-state index in [1.807, 2.05) is 0 Å². The lowest BCUT2D eigenvalue weighted by molar-refractivity contribution is 0.0694. The highest BCUT2D eigenvalue weighted by molar-refractivity contribution is 5.89. The van der Waals surface area contributed by atoms with Crippen LogP contribution in [-0.2, 0) is 0 Å². The number of carbonyl (C=O) groups is 1. The molecule has 4 N–H and O–H groups in total. The normalized spacial score (nSPS) is 12.5. The standard InChI is InChI=1S/C9H11NO3/c10-8(5-11)6-3-1-2-4-7(6)9(12)13/h1-4,8,11H,5,10H2,(H,12,13)/t8-/m0/s1. The average molecular weight is 181 g/mol. The summed E-state index contributed by atoms with van der Waals surface area (Å²) in [6.45, 7) is -0.260. The van der Waals surface area contributed by atoms with E-state index in [-0.39, 0.29) is 12.2 Å². The maximum atomic E-state index is 10.7. The fraction of sp³-hybridized carbons (Fsp3) is 0.222. The Hall–Kier alpha value is -1.39. The van der Waals surface area contributed by atoms with Gasteiger partial charge in [-0.15, -0.1) is 0 Å². The molecule has 0 bridgehead atoms. The Kier molecular flexibility index (Phi) is 3.00. The number of nitrogens with two attached hydrogens (primary N) is 1. The summed E-state index contributed by atoms with van der Waals surface area (Å²) in [4.78, 5) is 10.7. The van der Waals surface area contributed by atoms with Gasteiger partial charge in [-0.05, 0) is 11.6 Å². The molecule has 0 aliphatic rings. The van der Waals surface area contributed by atoms with Crippen LogP contribution in [0, 0.1) is 0 Å². The van der Waals surface area contributed by atoms with Gasteiger partial charge >= 0.3 is 5.97 Å². The zero-order chi connectivity index (χ0) is 9.84. The van der Waals surface area contributed by atoms with Crippen LogP contribution in [-0.4, -0.2) is 22.8 Å². The molecule has 4 heteroatoms. The summed E-state index contributed by atoms with van der Waals surface area (Å²) in [5.41, 5.74) is 6.12. The second kappa shape index (κ2) is 4.02. The van der Waals surface area contributed by atoms with Crippen LogP contribution in [0.1, 0.15) is 22.0 Å². The van der Waals surface area contributed by atoms with Crippen LogP contribution in [0.5, 0.6) is 0 Å². The van der Waals surface area contributed by atoms with E-state index in [0.717, 1.165) is 0 Å². The maximum absolute atomic E-state index is 10.7. The smallest absolute Gasteiger partial charge is 0.336 e. The van der Waals surface area contributed by atoms with Crippen molar-refractivity contribution in [3.63, 3.8) is 0 Å². The van der Waals surface area contributed by atoms with E-state index in [1.54, 1.807) is 18.2 Å². The van der Waals surface area contributed by atoms with Crippen LogP contribution >= 0.6 is 0 Å². The van der Waals surface area contributed by atoms with Crippen molar-refractivity contribution in [2.45, 2.75) is 6.04 Å². The number of hydrogen-bond donors (Lipinski definition) is 3. The first-order valence-electron chi connectivity index (χ1n) is 3.85.